The zero-order valence-electron chi connectivity index (χ0n) is 11.4. The number of rotatable bonds is 5. The molecule has 0 radical (unpaired) electrons. The number of hydrogen-bond donors (Lipinski definition) is 1. The van der Waals surface area contributed by atoms with E-state index in [1.54, 1.807) is 6.92 Å². The van der Waals surface area contributed by atoms with Crippen molar-refractivity contribution in [1.82, 2.24) is 5.32 Å². The molecule has 2 heteroatoms. The second-order valence-corrected chi connectivity index (χ2v) is 4.78. The molecule has 2 aromatic carbocycles. The van der Waals surface area contributed by atoms with E-state index in [1.807, 2.05) is 31.3 Å². The Bertz CT molecular complexity index is 540. The highest BCUT2D eigenvalue weighted by Crippen LogP contribution is 2.12. The molecule has 0 bridgehead atoms. The van der Waals surface area contributed by atoms with Gasteiger partial charge in [-0.3, -0.25) is 4.79 Å². The fraction of sp³-hybridized carbons (Fsp3) is 0.235. The number of ketones is 1. The van der Waals surface area contributed by atoms with Gasteiger partial charge in [-0.05, 0) is 37.1 Å². The van der Waals surface area contributed by atoms with Crippen LogP contribution in [0.15, 0.2) is 48.5 Å². The molecular weight excluding hydrogens is 234 g/mol. The van der Waals surface area contributed by atoms with Gasteiger partial charge in [-0.15, -0.1) is 0 Å². The smallest absolute Gasteiger partial charge is 0.159 e. The summed E-state index contributed by atoms with van der Waals surface area (Å²) < 4.78 is 0. The maximum Gasteiger partial charge on any atom is 0.159 e. The zero-order valence-corrected chi connectivity index (χ0v) is 11.4. The van der Waals surface area contributed by atoms with Crippen molar-refractivity contribution in [1.29, 1.82) is 0 Å². The summed E-state index contributed by atoms with van der Waals surface area (Å²) in [5.41, 5.74) is 4.58. The lowest BCUT2D eigenvalue weighted by Crippen LogP contribution is -2.04. The van der Waals surface area contributed by atoms with Crippen molar-refractivity contribution >= 4 is 5.78 Å². The molecule has 0 aliphatic heterocycles. The summed E-state index contributed by atoms with van der Waals surface area (Å²) in [4.78, 5) is 11.2. The molecular formula is C17H19NO. The van der Waals surface area contributed by atoms with E-state index in [0.29, 0.717) is 0 Å². The van der Waals surface area contributed by atoms with Gasteiger partial charge in [-0.1, -0.05) is 48.5 Å². The molecule has 2 rings (SSSR count). The summed E-state index contributed by atoms with van der Waals surface area (Å²) >= 11 is 0. The molecule has 0 spiro atoms. The minimum atomic E-state index is 0.114. The molecule has 98 valence electrons. The average molecular weight is 253 g/mol. The molecule has 2 aromatic rings. The van der Waals surface area contributed by atoms with Crippen LogP contribution in [-0.2, 0) is 13.0 Å². The zero-order chi connectivity index (χ0) is 13.7. The minimum absolute atomic E-state index is 0.114. The van der Waals surface area contributed by atoms with Crippen LogP contribution in [0.2, 0.25) is 0 Å². The van der Waals surface area contributed by atoms with E-state index in [2.05, 4.69) is 29.6 Å². The summed E-state index contributed by atoms with van der Waals surface area (Å²) in [7, 11) is 1.95. The number of nitrogens with one attached hydrogen (secondary N) is 1. The van der Waals surface area contributed by atoms with E-state index in [0.717, 1.165) is 18.5 Å². The first kappa shape index (κ1) is 13.5. The fourth-order valence-corrected chi connectivity index (χ4v) is 2.07. The average Bonchev–Trinajstić information content (AvgIpc) is 2.42. The highest BCUT2D eigenvalue weighted by molar-refractivity contribution is 5.94. The molecule has 0 saturated carbocycles. The number of Topliss-reactive ketones (excluding diaryl/α,β-unsaturated/α-hetero) is 1. The predicted molar refractivity (Wildman–Crippen MR) is 78.5 cm³/mol. The van der Waals surface area contributed by atoms with Crippen molar-refractivity contribution < 1.29 is 4.79 Å². The first-order valence-electron chi connectivity index (χ1n) is 6.51. The Balaban J connectivity index is 2.06. The molecule has 0 atom stereocenters. The molecule has 0 unspecified atom stereocenters. The first-order valence-corrected chi connectivity index (χ1v) is 6.51. The third-order valence-corrected chi connectivity index (χ3v) is 3.17. The van der Waals surface area contributed by atoms with Crippen molar-refractivity contribution in [2.45, 2.75) is 19.9 Å². The fourth-order valence-electron chi connectivity index (χ4n) is 2.07. The van der Waals surface area contributed by atoms with E-state index in [-0.39, 0.29) is 5.78 Å². The number of benzene rings is 2. The lowest BCUT2D eigenvalue weighted by atomic mass is 10.0. The van der Waals surface area contributed by atoms with Crippen LogP contribution in [0.1, 0.15) is 34.0 Å². The van der Waals surface area contributed by atoms with Crippen molar-refractivity contribution in [3.63, 3.8) is 0 Å². The van der Waals surface area contributed by atoms with Crippen LogP contribution >= 0.6 is 0 Å². The van der Waals surface area contributed by atoms with Crippen LogP contribution in [0.3, 0.4) is 0 Å². The maximum absolute atomic E-state index is 11.2. The summed E-state index contributed by atoms with van der Waals surface area (Å²) in [5.74, 6) is 0.114. The molecule has 0 fully saturated rings. The van der Waals surface area contributed by atoms with Gasteiger partial charge in [0.2, 0.25) is 0 Å². The minimum Gasteiger partial charge on any atom is -0.316 e. The molecule has 19 heavy (non-hydrogen) atoms. The second kappa shape index (κ2) is 6.30. The normalized spacial score (nSPS) is 10.4. The van der Waals surface area contributed by atoms with Crippen molar-refractivity contribution in [3.8, 4) is 0 Å². The van der Waals surface area contributed by atoms with Crippen molar-refractivity contribution in [2.75, 3.05) is 7.05 Å². The van der Waals surface area contributed by atoms with Gasteiger partial charge in [0.15, 0.2) is 5.78 Å². The highest BCUT2D eigenvalue weighted by atomic mass is 16.1. The van der Waals surface area contributed by atoms with Crippen molar-refractivity contribution in [2.24, 2.45) is 0 Å². The molecule has 0 aliphatic rings. The molecule has 0 heterocycles. The third kappa shape index (κ3) is 3.76. The second-order valence-electron chi connectivity index (χ2n) is 4.78. The lowest BCUT2D eigenvalue weighted by molar-refractivity contribution is 0.101. The van der Waals surface area contributed by atoms with Gasteiger partial charge < -0.3 is 5.32 Å². The van der Waals surface area contributed by atoms with Gasteiger partial charge in [0.25, 0.3) is 0 Å². The van der Waals surface area contributed by atoms with Crippen LogP contribution in [0.4, 0.5) is 0 Å². The van der Waals surface area contributed by atoms with Crippen LogP contribution in [0, 0.1) is 0 Å². The van der Waals surface area contributed by atoms with Crippen LogP contribution in [0.25, 0.3) is 0 Å². The van der Waals surface area contributed by atoms with Gasteiger partial charge in [0, 0.05) is 12.1 Å². The Hall–Kier alpha value is -1.93. The molecule has 0 aromatic heterocycles. The van der Waals surface area contributed by atoms with E-state index in [4.69, 9.17) is 0 Å². The Morgan fingerprint density at radius 1 is 0.895 bits per heavy atom. The SMILES string of the molecule is CNCc1ccc(Cc2ccc(C(C)=O)cc2)cc1. The van der Waals surface area contributed by atoms with Gasteiger partial charge in [-0.2, -0.15) is 0 Å². The molecule has 2 nitrogen and oxygen atoms in total. The van der Waals surface area contributed by atoms with Crippen LogP contribution in [0.5, 0.6) is 0 Å². The maximum atomic E-state index is 11.2. The number of carbonyl (C=O) groups is 1. The summed E-state index contributed by atoms with van der Waals surface area (Å²) in [6.07, 6.45) is 0.901. The monoisotopic (exact) mass is 253 g/mol. The summed E-state index contributed by atoms with van der Waals surface area (Å²) in [6.45, 7) is 2.49. The largest absolute Gasteiger partial charge is 0.316 e. The highest BCUT2D eigenvalue weighted by Gasteiger charge is 2.00. The summed E-state index contributed by atoms with van der Waals surface area (Å²) in [6, 6.07) is 16.5. The van der Waals surface area contributed by atoms with Crippen LogP contribution in [-0.4, -0.2) is 12.8 Å². The predicted octanol–water partition coefficient (Wildman–Crippen LogP) is 3.20. The Morgan fingerprint density at radius 2 is 1.37 bits per heavy atom. The van der Waals surface area contributed by atoms with E-state index >= 15 is 0 Å². The lowest BCUT2D eigenvalue weighted by Gasteiger charge is -2.05. The third-order valence-electron chi connectivity index (χ3n) is 3.17. The van der Waals surface area contributed by atoms with Gasteiger partial charge in [0.05, 0.1) is 0 Å². The molecule has 0 saturated heterocycles. The van der Waals surface area contributed by atoms with Gasteiger partial charge in [-0.25, -0.2) is 0 Å². The molecule has 1 N–H and O–H groups in total. The molecule has 0 amide bonds. The molecule has 0 aliphatic carbocycles. The Labute approximate surface area is 114 Å². The first-order chi connectivity index (χ1) is 9.19. The van der Waals surface area contributed by atoms with E-state index in [9.17, 15) is 4.79 Å². The van der Waals surface area contributed by atoms with Crippen molar-refractivity contribution in [3.05, 3.63) is 70.8 Å². The van der Waals surface area contributed by atoms with E-state index < -0.39 is 0 Å². The summed E-state index contributed by atoms with van der Waals surface area (Å²) in [5, 5.41) is 3.14. The van der Waals surface area contributed by atoms with E-state index in [1.165, 1.54) is 16.7 Å². The Kier molecular flexibility index (Phi) is 4.48. The van der Waals surface area contributed by atoms with Crippen LogP contribution < -0.4 is 5.32 Å². The number of hydrogen-bond acceptors (Lipinski definition) is 2. The standard InChI is InChI=1S/C17H19NO/c1-13(19)17-9-7-15(8-10-17)11-14-3-5-16(6-4-14)12-18-2/h3-10,18H,11-12H2,1-2H3. The topological polar surface area (TPSA) is 29.1 Å². The Morgan fingerprint density at radius 3 is 1.84 bits per heavy atom. The number of carbonyl (C=O) groups excluding carboxylic acids is 1. The quantitative estimate of drug-likeness (QED) is 0.829. The van der Waals surface area contributed by atoms with Gasteiger partial charge >= 0.3 is 0 Å². The van der Waals surface area contributed by atoms with Gasteiger partial charge in [0.1, 0.15) is 0 Å².